The maximum atomic E-state index is 13.1. The molecule has 0 saturated carbocycles. The molecule has 2 aromatic heterocycles. The highest BCUT2D eigenvalue weighted by Gasteiger charge is 2.26. The molecule has 6 nitrogen and oxygen atoms in total. The molecule has 0 spiro atoms. The summed E-state index contributed by atoms with van der Waals surface area (Å²) in [5.41, 5.74) is 1.16. The van der Waals surface area contributed by atoms with E-state index in [1.807, 2.05) is 18.2 Å². The van der Waals surface area contributed by atoms with Crippen molar-refractivity contribution in [1.29, 1.82) is 0 Å². The quantitative estimate of drug-likeness (QED) is 0.370. The SMILES string of the molecule is COc1ccc(C(=O)N(O)c2c(Cl)cncc2Cl)c2c1oc1ccccc12. The summed E-state index contributed by atoms with van der Waals surface area (Å²) in [4.78, 5) is 16.9. The highest BCUT2D eigenvalue weighted by molar-refractivity contribution is 6.40. The Balaban J connectivity index is 1.95. The first-order valence-electron chi connectivity index (χ1n) is 7.83. The number of pyridine rings is 1. The second kappa shape index (κ2) is 6.74. The number of furan rings is 1. The number of hydrogen-bond donors (Lipinski definition) is 1. The number of para-hydroxylation sites is 1. The number of benzene rings is 2. The molecule has 27 heavy (non-hydrogen) atoms. The standard InChI is InChI=1S/C19H12Cl2N2O4/c1-26-15-7-6-11(16-10-4-2-3-5-14(10)27-18(15)16)19(24)23(25)17-12(20)8-22-9-13(17)21/h2-9,25H,1H3. The molecule has 0 aliphatic carbocycles. The molecule has 136 valence electrons. The highest BCUT2D eigenvalue weighted by Crippen LogP contribution is 2.39. The van der Waals surface area contributed by atoms with Crippen molar-refractivity contribution in [1.82, 2.24) is 4.98 Å². The number of amides is 1. The van der Waals surface area contributed by atoms with E-state index in [0.29, 0.717) is 27.4 Å². The van der Waals surface area contributed by atoms with E-state index >= 15 is 0 Å². The zero-order chi connectivity index (χ0) is 19.1. The third-order valence-electron chi connectivity index (χ3n) is 4.17. The van der Waals surface area contributed by atoms with Gasteiger partial charge in [-0.2, -0.15) is 5.06 Å². The average molecular weight is 403 g/mol. The number of anilines is 1. The fourth-order valence-electron chi connectivity index (χ4n) is 2.97. The summed E-state index contributed by atoms with van der Waals surface area (Å²) in [6.45, 7) is 0. The van der Waals surface area contributed by atoms with Crippen molar-refractivity contribution >= 4 is 56.7 Å². The van der Waals surface area contributed by atoms with Crippen molar-refractivity contribution < 1.29 is 19.2 Å². The van der Waals surface area contributed by atoms with Crippen LogP contribution in [0.5, 0.6) is 5.75 Å². The molecule has 1 amide bonds. The van der Waals surface area contributed by atoms with Crippen LogP contribution in [0.2, 0.25) is 10.0 Å². The molecule has 0 atom stereocenters. The van der Waals surface area contributed by atoms with Crippen LogP contribution < -0.4 is 9.80 Å². The third-order valence-corrected chi connectivity index (χ3v) is 4.73. The molecule has 0 aliphatic rings. The monoisotopic (exact) mass is 402 g/mol. The molecule has 0 fully saturated rings. The van der Waals surface area contributed by atoms with Crippen LogP contribution in [0.15, 0.2) is 53.2 Å². The van der Waals surface area contributed by atoms with Crippen LogP contribution in [-0.4, -0.2) is 23.2 Å². The van der Waals surface area contributed by atoms with Crippen molar-refractivity contribution in [2.75, 3.05) is 12.2 Å². The highest BCUT2D eigenvalue weighted by atomic mass is 35.5. The van der Waals surface area contributed by atoms with Gasteiger partial charge in [0.1, 0.15) is 11.3 Å². The molecule has 0 saturated heterocycles. The van der Waals surface area contributed by atoms with Crippen molar-refractivity contribution in [2.45, 2.75) is 0 Å². The van der Waals surface area contributed by atoms with E-state index in [1.54, 1.807) is 18.2 Å². The molecule has 8 heteroatoms. The molecule has 0 unspecified atom stereocenters. The van der Waals surface area contributed by atoms with Crippen LogP contribution in [0.25, 0.3) is 21.9 Å². The van der Waals surface area contributed by atoms with Gasteiger partial charge in [0.25, 0.3) is 5.91 Å². The Morgan fingerprint density at radius 2 is 1.85 bits per heavy atom. The molecule has 0 bridgehead atoms. The summed E-state index contributed by atoms with van der Waals surface area (Å²) in [6, 6.07) is 10.4. The second-order valence-corrected chi connectivity index (χ2v) is 6.50. The minimum absolute atomic E-state index is 0.0418. The lowest BCUT2D eigenvalue weighted by molar-refractivity contribution is 0.0856. The van der Waals surface area contributed by atoms with Gasteiger partial charge in [-0.3, -0.25) is 15.0 Å². The van der Waals surface area contributed by atoms with E-state index < -0.39 is 5.91 Å². The lowest BCUT2D eigenvalue weighted by atomic mass is 10.0. The Hall–Kier alpha value is -2.80. The number of aromatic nitrogens is 1. The summed E-state index contributed by atoms with van der Waals surface area (Å²) in [5.74, 6) is -0.244. The summed E-state index contributed by atoms with van der Waals surface area (Å²) in [6.07, 6.45) is 2.58. The summed E-state index contributed by atoms with van der Waals surface area (Å²) < 4.78 is 11.2. The van der Waals surface area contributed by atoms with Gasteiger partial charge in [0.05, 0.1) is 22.7 Å². The number of carbonyl (C=O) groups excluding carboxylic acids is 1. The Kier molecular flexibility index (Phi) is 4.39. The number of carbonyl (C=O) groups is 1. The number of hydroxylamine groups is 1. The number of fused-ring (bicyclic) bond motifs is 3. The predicted molar refractivity (Wildman–Crippen MR) is 103 cm³/mol. The fourth-order valence-corrected chi connectivity index (χ4v) is 3.49. The normalized spacial score (nSPS) is 11.1. The molecule has 2 heterocycles. The van der Waals surface area contributed by atoms with Gasteiger partial charge in [-0.1, -0.05) is 41.4 Å². The topological polar surface area (TPSA) is 75.8 Å². The van der Waals surface area contributed by atoms with Gasteiger partial charge in [-0.15, -0.1) is 0 Å². The van der Waals surface area contributed by atoms with Crippen molar-refractivity contribution in [3.63, 3.8) is 0 Å². The first kappa shape index (κ1) is 17.6. The van der Waals surface area contributed by atoms with E-state index in [0.717, 1.165) is 5.39 Å². The molecule has 1 N–H and O–H groups in total. The smallest absolute Gasteiger partial charge is 0.282 e. The summed E-state index contributed by atoms with van der Waals surface area (Å²) in [7, 11) is 1.51. The molecule has 0 radical (unpaired) electrons. The van der Waals surface area contributed by atoms with Crippen LogP contribution in [0.1, 0.15) is 10.4 Å². The number of nitrogens with zero attached hydrogens (tertiary/aromatic N) is 2. The first-order chi connectivity index (χ1) is 13.0. The van der Waals surface area contributed by atoms with Gasteiger partial charge in [0.2, 0.25) is 0 Å². The number of halogens is 2. The van der Waals surface area contributed by atoms with Crippen molar-refractivity contribution in [2.24, 2.45) is 0 Å². The maximum Gasteiger partial charge on any atom is 0.282 e. The van der Waals surface area contributed by atoms with Crippen LogP contribution in [0, 0.1) is 0 Å². The predicted octanol–water partition coefficient (Wildman–Crippen LogP) is 5.33. The fraction of sp³-hybridized carbons (Fsp3) is 0.0526. The number of methoxy groups -OCH3 is 1. The van der Waals surface area contributed by atoms with Gasteiger partial charge in [0, 0.05) is 23.2 Å². The first-order valence-corrected chi connectivity index (χ1v) is 8.59. The van der Waals surface area contributed by atoms with E-state index in [2.05, 4.69) is 4.98 Å². The maximum absolute atomic E-state index is 13.1. The summed E-state index contributed by atoms with van der Waals surface area (Å²) >= 11 is 12.1. The molecule has 4 rings (SSSR count). The van der Waals surface area contributed by atoms with E-state index in [4.69, 9.17) is 32.4 Å². The number of hydrogen-bond acceptors (Lipinski definition) is 5. The van der Waals surface area contributed by atoms with Crippen LogP contribution in [0.4, 0.5) is 5.69 Å². The third kappa shape index (κ3) is 2.78. The van der Waals surface area contributed by atoms with Crippen LogP contribution >= 0.6 is 23.2 Å². The van der Waals surface area contributed by atoms with Gasteiger partial charge in [-0.25, -0.2) is 0 Å². The van der Waals surface area contributed by atoms with Gasteiger partial charge < -0.3 is 9.15 Å². The second-order valence-electron chi connectivity index (χ2n) is 5.69. The Bertz CT molecular complexity index is 1170. The Labute approximate surface area is 163 Å². The van der Waals surface area contributed by atoms with E-state index in [-0.39, 0.29) is 21.3 Å². The minimum Gasteiger partial charge on any atom is -0.493 e. The zero-order valence-electron chi connectivity index (χ0n) is 13.9. The lowest BCUT2D eigenvalue weighted by Gasteiger charge is -2.18. The van der Waals surface area contributed by atoms with Crippen molar-refractivity contribution in [3.05, 3.63) is 64.4 Å². The molecular formula is C19H12Cl2N2O4. The molecule has 4 aromatic rings. The minimum atomic E-state index is -0.718. The number of ether oxygens (including phenoxy) is 1. The van der Waals surface area contributed by atoms with Crippen LogP contribution in [0.3, 0.4) is 0 Å². The van der Waals surface area contributed by atoms with E-state index in [9.17, 15) is 10.0 Å². The van der Waals surface area contributed by atoms with Crippen LogP contribution in [-0.2, 0) is 0 Å². The number of rotatable bonds is 3. The Morgan fingerprint density at radius 1 is 1.15 bits per heavy atom. The zero-order valence-corrected chi connectivity index (χ0v) is 15.5. The molecular weight excluding hydrogens is 391 g/mol. The Morgan fingerprint density at radius 3 is 2.56 bits per heavy atom. The van der Waals surface area contributed by atoms with Crippen molar-refractivity contribution in [3.8, 4) is 5.75 Å². The molecule has 2 aromatic carbocycles. The van der Waals surface area contributed by atoms with Gasteiger partial charge >= 0.3 is 0 Å². The van der Waals surface area contributed by atoms with Gasteiger partial charge in [0.15, 0.2) is 11.3 Å². The lowest BCUT2D eigenvalue weighted by Crippen LogP contribution is -2.27. The molecule has 0 aliphatic heterocycles. The van der Waals surface area contributed by atoms with Gasteiger partial charge in [-0.05, 0) is 18.2 Å². The van der Waals surface area contributed by atoms with E-state index in [1.165, 1.54) is 19.5 Å². The summed E-state index contributed by atoms with van der Waals surface area (Å²) in [5, 5.41) is 12.3. The largest absolute Gasteiger partial charge is 0.493 e. The average Bonchev–Trinajstić information content (AvgIpc) is 3.06.